The number of esters is 1. The highest BCUT2D eigenvalue weighted by Gasteiger charge is 2.41. The average Bonchev–Trinajstić information content (AvgIpc) is 2.74. The fourth-order valence-electron chi connectivity index (χ4n) is 4.26. The number of carbonyl (C=O) groups excluding carboxylic acids is 1. The van der Waals surface area contributed by atoms with Crippen LogP contribution in [-0.4, -0.2) is 36.4 Å². The van der Waals surface area contributed by atoms with E-state index in [9.17, 15) is 9.59 Å². The summed E-state index contributed by atoms with van der Waals surface area (Å²) in [6.45, 7) is 10.2. The molecule has 1 aromatic carbocycles. The van der Waals surface area contributed by atoms with Crippen LogP contribution in [0.2, 0.25) is 0 Å². The number of anilines is 1. The number of nitrogens with zero attached hydrogens (tertiary/aromatic N) is 3. The summed E-state index contributed by atoms with van der Waals surface area (Å²) in [6, 6.07) is 9.88. The van der Waals surface area contributed by atoms with Crippen LogP contribution in [0.15, 0.2) is 46.3 Å². The lowest BCUT2D eigenvalue weighted by atomic mass is 9.75. The molecular weight excluding hydrogens is 366 g/mol. The molecule has 2 heterocycles. The Morgan fingerprint density at radius 2 is 1.86 bits per heavy atom. The first-order valence-electron chi connectivity index (χ1n) is 10.2. The summed E-state index contributed by atoms with van der Waals surface area (Å²) in [5, 5.41) is 0. The summed E-state index contributed by atoms with van der Waals surface area (Å²) >= 11 is 0. The van der Waals surface area contributed by atoms with Crippen molar-refractivity contribution in [1.29, 1.82) is 0 Å². The van der Waals surface area contributed by atoms with Crippen molar-refractivity contribution >= 4 is 23.1 Å². The van der Waals surface area contributed by atoms with Crippen molar-refractivity contribution in [2.45, 2.75) is 40.2 Å². The molecule has 1 aliphatic heterocycles. The maximum Gasteiger partial charge on any atom is 0.315 e. The zero-order valence-corrected chi connectivity index (χ0v) is 17.8. The molecule has 2 unspecified atom stereocenters. The molecule has 0 fully saturated rings. The molecule has 2 aromatic rings. The van der Waals surface area contributed by atoms with E-state index in [1.165, 1.54) is 7.11 Å². The summed E-state index contributed by atoms with van der Waals surface area (Å²) in [4.78, 5) is 33.0. The lowest BCUT2D eigenvalue weighted by Crippen LogP contribution is -2.38. The lowest BCUT2D eigenvalue weighted by molar-refractivity contribution is -0.143. The van der Waals surface area contributed by atoms with E-state index in [-0.39, 0.29) is 11.5 Å². The van der Waals surface area contributed by atoms with Crippen molar-refractivity contribution in [3.05, 3.63) is 58.0 Å². The molecule has 0 aliphatic carbocycles. The Morgan fingerprint density at radius 3 is 2.48 bits per heavy atom. The van der Waals surface area contributed by atoms with Gasteiger partial charge in [-0.1, -0.05) is 18.2 Å². The second-order valence-electron chi connectivity index (χ2n) is 7.17. The van der Waals surface area contributed by atoms with Gasteiger partial charge in [-0.05, 0) is 45.4 Å². The number of hydrogen-bond donors (Lipinski definition) is 0. The predicted molar refractivity (Wildman–Crippen MR) is 116 cm³/mol. The number of aromatic nitrogens is 1. The number of aliphatic imine (C=N–C) groups is 1. The van der Waals surface area contributed by atoms with Crippen LogP contribution in [0.4, 0.5) is 11.4 Å². The van der Waals surface area contributed by atoms with Crippen LogP contribution < -0.4 is 10.5 Å². The molecule has 0 amide bonds. The molecule has 0 bridgehead atoms. The monoisotopic (exact) mass is 395 g/mol. The van der Waals surface area contributed by atoms with Crippen molar-refractivity contribution in [1.82, 2.24) is 4.57 Å². The van der Waals surface area contributed by atoms with Gasteiger partial charge in [0, 0.05) is 43.1 Å². The smallest absolute Gasteiger partial charge is 0.315 e. The van der Waals surface area contributed by atoms with Crippen molar-refractivity contribution in [3.8, 4) is 0 Å². The van der Waals surface area contributed by atoms with Crippen molar-refractivity contribution < 1.29 is 9.53 Å². The van der Waals surface area contributed by atoms with E-state index in [1.807, 2.05) is 38.1 Å². The van der Waals surface area contributed by atoms with Crippen LogP contribution in [0.5, 0.6) is 0 Å². The van der Waals surface area contributed by atoms with Crippen molar-refractivity contribution in [2.24, 2.45) is 10.9 Å². The van der Waals surface area contributed by atoms with Gasteiger partial charge in [0.05, 0.1) is 18.4 Å². The number of ether oxygens (including phenoxy) is 1. The number of hydrogen-bond acceptors (Lipinski definition) is 5. The van der Waals surface area contributed by atoms with Crippen LogP contribution in [0.3, 0.4) is 0 Å². The number of fused-ring (bicyclic) bond motifs is 1. The first-order valence-corrected chi connectivity index (χ1v) is 10.2. The predicted octanol–water partition coefficient (Wildman–Crippen LogP) is 3.74. The standard InChI is InChI=1S/C23H29N3O3/c1-6-25(7-2)18-12-10-9-11-16(18)20-19(23(28)29-5)15(4)24-17-13-14-26(8-3)22(27)21(17)20/h9-14,19-20H,6-8H2,1-5H3. The first kappa shape index (κ1) is 20.8. The maximum absolute atomic E-state index is 13.3. The van der Waals surface area contributed by atoms with E-state index >= 15 is 0 Å². The van der Waals surface area contributed by atoms with Gasteiger partial charge in [0.1, 0.15) is 5.92 Å². The van der Waals surface area contributed by atoms with Crippen LogP contribution in [-0.2, 0) is 16.1 Å². The Bertz CT molecular complexity index is 989. The van der Waals surface area contributed by atoms with E-state index in [0.717, 1.165) is 24.3 Å². The SMILES string of the molecule is CCN(CC)c1ccccc1C1c2c(ccn(CC)c2=O)N=C(C)C1C(=O)OC. The third-order valence-corrected chi connectivity index (χ3v) is 5.74. The average molecular weight is 396 g/mol. The van der Waals surface area contributed by atoms with Gasteiger partial charge in [-0.25, -0.2) is 0 Å². The first-order chi connectivity index (χ1) is 14.0. The zero-order chi connectivity index (χ0) is 21.1. The van der Waals surface area contributed by atoms with E-state index in [4.69, 9.17) is 4.74 Å². The molecule has 0 radical (unpaired) electrons. The molecule has 0 spiro atoms. The van der Waals surface area contributed by atoms with E-state index in [0.29, 0.717) is 23.5 Å². The highest BCUT2D eigenvalue weighted by atomic mass is 16.5. The molecule has 154 valence electrons. The van der Waals surface area contributed by atoms with Crippen molar-refractivity contribution in [2.75, 3.05) is 25.1 Å². The number of carbonyl (C=O) groups is 1. The number of methoxy groups -OCH3 is 1. The van der Waals surface area contributed by atoms with Gasteiger partial charge in [-0.3, -0.25) is 14.6 Å². The molecule has 6 heteroatoms. The van der Waals surface area contributed by atoms with Gasteiger partial charge in [0.15, 0.2) is 0 Å². The highest BCUT2D eigenvalue weighted by molar-refractivity contribution is 6.05. The van der Waals surface area contributed by atoms with Gasteiger partial charge in [-0.15, -0.1) is 0 Å². The lowest BCUT2D eigenvalue weighted by Gasteiger charge is -2.34. The number of para-hydroxylation sites is 1. The summed E-state index contributed by atoms with van der Waals surface area (Å²) in [7, 11) is 1.38. The van der Waals surface area contributed by atoms with E-state index < -0.39 is 11.8 Å². The Balaban J connectivity index is 2.35. The Kier molecular flexibility index (Phi) is 6.20. The molecule has 0 saturated heterocycles. The summed E-state index contributed by atoms with van der Waals surface area (Å²) in [5.41, 5.74) is 3.75. The zero-order valence-electron chi connectivity index (χ0n) is 17.8. The number of pyridine rings is 1. The molecule has 29 heavy (non-hydrogen) atoms. The Morgan fingerprint density at radius 1 is 1.17 bits per heavy atom. The number of aryl methyl sites for hydroxylation is 1. The molecule has 0 saturated carbocycles. The quantitative estimate of drug-likeness (QED) is 0.699. The summed E-state index contributed by atoms with van der Waals surface area (Å²) in [6.07, 6.45) is 1.77. The molecule has 6 nitrogen and oxygen atoms in total. The van der Waals surface area contributed by atoms with Crippen LogP contribution in [0.25, 0.3) is 0 Å². The molecule has 1 aliphatic rings. The van der Waals surface area contributed by atoms with Gasteiger partial charge < -0.3 is 14.2 Å². The van der Waals surface area contributed by atoms with Gasteiger partial charge in [-0.2, -0.15) is 0 Å². The Hall–Kier alpha value is -2.89. The van der Waals surface area contributed by atoms with E-state index in [2.05, 4.69) is 29.8 Å². The summed E-state index contributed by atoms with van der Waals surface area (Å²) in [5.74, 6) is -1.45. The normalized spacial score (nSPS) is 18.0. The molecule has 1 aromatic heterocycles. The molecular formula is C23H29N3O3. The fraction of sp³-hybridized carbons (Fsp3) is 0.435. The van der Waals surface area contributed by atoms with Gasteiger partial charge in [0.2, 0.25) is 0 Å². The number of rotatable bonds is 6. The van der Waals surface area contributed by atoms with Crippen molar-refractivity contribution in [3.63, 3.8) is 0 Å². The molecule has 2 atom stereocenters. The minimum atomic E-state index is -0.635. The molecule has 3 rings (SSSR count). The fourth-order valence-corrected chi connectivity index (χ4v) is 4.26. The maximum atomic E-state index is 13.3. The van der Waals surface area contributed by atoms with Gasteiger partial charge >= 0.3 is 5.97 Å². The highest BCUT2D eigenvalue weighted by Crippen LogP contribution is 2.44. The Labute approximate surface area is 171 Å². The van der Waals surface area contributed by atoms with E-state index in [1.54, 1.807) is 10.8 Å². The summed E-state index contributed by atoms with van der Waals surface area (Å²) < 4.78 is 6.80. The number of benzene rings is 1. The third-order valence-electron chi connectivity index (χ3n) is 5.74. The van der Waals surface area contributed by atoms with Crippen LogP contribution >= 0.6 is 0 Å². The van der Waals surface area contributed by atoms with Crippen LogP contribution in [0.1, 0.15) is 44.7 Å². The van der Waals surface area contributed by atoms with Gasteiger partial charge in [0.25, 0.3) is 5.56 Å². The third kappa shape index (κ3) is 3.59. The molecule has 0 N–H and O–H groups in total. The second-order valence-corrected chi connectivity index (χ2v) is 7.17. The topological polar surface area (TPSA) is 63.9 Å². The second kappa shape index (κ2) is 8.64. The largest absolute Gasteiger partial charge is 0.468 e. The minimum absolute atomic E-state index is 0.102. The minimum Gasteiger partial charge on any atom is -0.468 e. The van der Waals surface area contributed by atoms with Crippen LogP contribution in [0, 0.1) is 5.92 Å².